The zero-order valence-electron chi connectivity index (χ0n) is 9.94. The Morgan fingerprint density at radius 1 is 1.32 bits per heavy atom. The zero-order valence-corrected chi connectivity index (χ0v) is 10.8. The molecule has 0 spiro atoms. The molecule has 8 heteroatoms. The Balaban J connectivity index is 2.30. The Labute approximate surface area is 112 Å². The molecule has 0 aliphatic carbocycles. The number of aryl methyl sites for hydroxylation is 1. The summed E-state index contributed by atoms with van der Waals surface area (Å²) >= 11 is 1.04. The summed E-state index contributed by atoms with van der Waals surface area (Å²) in [5, 5.41) is 32.0. The molecule has 7 nitrogen and oxygen atoms in total. The second-order valence-corrected chi connectivity index (χ2v) is 4.70. The van der Waals surface area contributed by atoms with Crippen molar-refractivity contribution in [3.8, 4) is 22.9 Å². The maximum absolute atomic E-state index is 10.5. The van der Waals surface area contributed by atoms with Crippen LogP contribution in [-0.2, 0) is 11.8 Å². The van der Waals surface area contributed by atoms with E-state index in [1.807, 2.05) is 0 Å². The van der Waals surface area contributed by atoms with E-state index >= 15 is 0 Å². The van der Waals surface area contributed by atoms with Crippen molar-refractivity contribution in [3.63, 3.8) is 0 Å². The van der Waals surface area contributed by atoms with E-state index in [1.165, 1.54) is 22.9 Å². The standard InChI is InChI=1S/C11H11N3O4S/c1-14-11(19-5-9(17)18)12-10(13-14)6-2-7(15)4-8(16)3-6/h2-4,15-16H,5H2,1H3,(H,17,18). The molecule has 1 heterocycles. The van der Waals surface area contributed by atoms with E-state index in [2.05, 4.69) is 10.1 Å². The van der Waals surface area contributed by atoms with Crippen LogP contribution < -0.4 is 0 Å². The lowest BCUT2D eigenvalue weighted by atomic mass is 10.2. The highest BCUT2D eigenvalue weighted by Crippen LogP contribution is 2.27. The van der Waals surface area contributed by atoms with Crippen LogP contribution in [0.3, 0.4) is 0 Å². The molecule has 2 aromatic rings. The Morgan fingerprint density at radius 2 is 1.95 bits per heavy atom. The summed E-state index contributed by atoms with van der Waals surface area (Å²) in [7, 11) is 1.64. The van der Waals surface area contributed by atoms with Crippen molar-refractivity contribution in [2.24, 2.45) is 7.05 Å². The minimum Gasteiger partial charge on any atom is -0.508 e. The van der Waals surface area contributed by atoms with Gasteiger partial charge in [-0.2, -0.15) is 5.10 Å². The van der Waals surface area contributed by atoms with Gasteiger partial charge in [0.25, 0.3) is 0 Å². The highest BCUT2D eigenvalue weighted by molar-refractivity contribution is 7.99. The number of carboxylic acids is 1. The molecule has 3 N–H and O–H groups in total. The fraction of sp³-hybridized carbons (Fsp3) is 0.182. The van der Waals surface area contributed by atoms with Crippen LogP contribution in [0.1, 0.15) is 0 Å². The number of aromatic hydroxyl groups is 2. The van der Waals surface area contributed by atoms with Crippen LogP contribution >= 0.6 is 11.8 Å². The predicted molar refractivity (Wildman–Crippen MR) is 68.1 cm³/mol. The van der Waals surface area contributed by atoms with Crippen molar-refractivity contribution < 1.29 is 20.1 Å². The van der Waals surface area contributed by atoms with Gasteiger partial charge in [0, 0.05) is 18.7 Å². The quantitative estimate of drug-likeness (QED) is 0.719. The van der Waals surface area contributed by atoms with Crippen LogP contribution in [0, 0.1) is 0 Å². The Morgan fingerprint density at radius 3 is 2.53 bits per heavy atom. The van der Waals surface area contributed by atoms with E-state index in [1.54, 1.807) is 7.05 Å². The summed E-state index contributed by atoms with van der Waals surface area (Å²) < 4.78 is 1.45. The predicted octanol–water partition coefficient (Wildman–Crippen LogP) is 1.07. The third-order valence-electron chi connectivity index (χ3n) is 2.21. The van der Waals surface area contributed by atoms with E-state index in [4.69, 9.17) is 5.11 Å². The van der Waals surface area contributed by atoms with Gasteiger partial charge in [0.1, 0.15) is 11.5 Å². The maximum atomic E-state index is 10.5. The molecule has 0 saturated carbocycles. The lowest BCUT2D eigenvalue weighted by molar-refractivity contribution is -0.133. The fourth-order valence-electron chi connectivity index (χ4n) is 1.47. The van der Waals surface area contributed by atoms with E-state index in [-0.39, 0.29) is 17.3 Å². The first-order valence-corrected chi connectivity index (χ1v) is 6.23. The molecule has 0 fully saturated rings. The second kappa shape index (κ2) is 5.19. The first-order valence-electron chi connectivity index (χ1n) is 5.24. The first kappa shape index (κ1) is 13.2. The molecular weight excluding hydrogens is 270 g/mol. The number of carbonyl (C=O) groups is 1. The number of phenolic OH excluding ortho intramolecular Hbond substituents is 2. The van der Waals surface area contributed by atoms with E-state index in [9.17, 15) is 15.0 Å². The number of aliphatic carboxylic acids is 1. The lowest BCUT2D eigenvalue weighted by Gasteiger charge is -1.98. The number of hydrogen-bond acceptors (Lipinski definition) is 6. The second-order valence-electron chi connectivity index (χ2n) is 3.76. The van der Waals surface area contributed by atoms with Crippen LogP contribution in [-0.4, -0.2) is 41.8 Å². The number of hydrogen-bond donors (Lipinski definition) is 3. The molecule has 100 valence electrons. The highest BCUT2D eigenvalue weighted by atomic mass is 32.2. The normalized spacial score (nSPS) is 10.6. The molecule has 0 atom stereocenters. The molecule has 0 aliphatic rings. The molecule has 19 heavy (non-hydrogen) atoms. The van der Waals surface area contributed by atoms with Crippen LogP contribution in [0.5, 0.6) is 11.5 Å². The number of thioether (sulfide) groups is 1. The average molecular weight is 281 g/mol. The number of rotatable bonds is 4. The summed E-state index contributed by atoms with van der Waals surface area (Å²) in [4.78, 5) is 14.7. The van der Waals surface area contributed by atoms with Gasteiger partial charge in [0.15, 0.2) is 11.0 Å². The number of benzene rings is 1. The van der Waals surface area contributed by atoms with Crippen molar-refractivity contribution in [1.82, 2.24) is 14.8 Å². The molecule has 0 aliphatic heterocycles. The van der Waals surface area contributed by atoms with Gasteiger partial charge in [-0.25, -0.2) is 9.67 Å². The van der Waals surface area contributed by atoms with Crippen LogP contribution in [0.25, 0.3) is 11.4 Å². The van der Waals surface area contributed by atoms with Crippen LogP contribution in [0.15, 0.2) is 23.4 Å². The summed E-state index contributed by atoms with van der Waals surface area (Å²) in [6.45, 7) is 0. The van der Waals surface area contributed by atoms with Gasteiger partial charge >= 0.3 is 5.97 Å². The van der Waals surface area contributed by atoms with Crippen molar-refractivity contribution in [2.75, 3.05) is 5.75 Å². The first-order chi connectivity index (χ1) is 8.95. The van der Waals surface area contributed by atoms with Crippen molar-refractivity contribution in [1.29, 1.82) is 0 Å². The van der Waals surface area contributed by atoms with Crippen molar-refractivity contribution >= 4 is 17.7 Å². The Hall–Kier alpha value is -2.22. The van der Waals surface area contributed by atoms with Gasteiger partial charge in [0.05, 0.1) is 5.75 Å². The van der Waals surface area contributed by atoms with Gasteiger partial charge < -0.3 is 15.3 Å². The lowest BCUT2D eigenvalue weighted by Crippen LogP contribution is -2.00. The number of nitrogens with zero attached hydrogens (tertiary/aromatic N) is 3. The number of phenols is 2. The third-order valence-corrected chi connectivity index (χ3v) is 3.21. The summed E-state index contributed by atoms with van der Waals surface area (Å²) in [5.41, 5.74) is 0.454. The fourth-order valence-corrected chi connectivity index (χ4v) is 2.10. The topological polar surface area (TPSA) is 108 Å². The van der Waals surface area contributed by atoms with E-state index in [0.717, 1.165) is 11.8 Å². The molecule has 2 rings (SSSR count). The molecule has 0 bridgehead atoms. The number of aromatic nitrogens is 3. The molecule has 0 radical (unpaired) electrons. The molecule has 1 aromatic carbocycles. The molecule has 0 saturated heterocycles. The van der Waals surface area contributed by atoms with Gasteiger partial charge in [-0.1, -0.05) is 11.8 Å². The summed E-state index contributed by atoms with van der Waals surface area (Å²) in [6, 6.07) is 4.04. The van der Waals surface area contributed by atoms with Crippen LogP contribution in [0.2, 0.25) is 0 Å². The van der Waals surface area contributed by atoms with Gasteiger partial charge in [-0.15, -0.1) is 0 Å². The van der Waals surface area contributed by atoms with Crippen LogP contribution in [0.4, 0.5) is 0 Å². The monoisotopic (exact) mass is 281 g/mol. The minimum absolute atomic E-state index is 0.0952. The minimum atomic E-state index is -0.940. The van der Waals surface area contributed by atoms with Gasteiger partial charge in [0.2, 0.25) is 0 Å². The van der Waals surface area contributed by atoms with Gasteiger partial charge in [-0.05, 0) is 12.1 Å². The van der Waals surface area contributed by atoms with Crippen molar-refractivity contribution in [3.05, 3.63) is 18.2 Å². The smallest absolute Gasteiger partial charge is 0.313 e. The summed E-state index contributed by atoms with van der Waals surface area (Å²) in [6.07, 6.45) is 0. The SMILES string of the molecule is Cn1nc(-c2cc(O)cc(O)c2)nc1SCC(=O)O. The molecule has 0 amide bonds. The molecule has 0 unspecified atom stereocenters. The van der Waals surface area contributed by atoms with E-state index < -0.39 is 5.97 Å². The molecular formula is C11H11N3O4S. The van der Waals surface area contributed by atoms with Crippen molar-refractivity contribution in [2.45, 2.75) is 5.16 Å². The van der Waals surface area contributed by atoms with Gasteiger partial charge in [-0.3, -0.25) is 4.79 Å². The Bertz CT molecular complexity index is 606. The highest BCUT2D eigenvalue weighted by Gasteiger charge is 2.12. The molecule has 1 aromatic heterocycles. The number of carboxylic acid groups (broad SMARTS) is 1. The third kappa shape index (κ3) is 3.16. The Kier molecular flexibility index (Phi) is 3.61. The average Bonchev–Trinajstić information content (AvgIpc) is 2.67. The largest absolute Gasteiger partial charge is 0.508 e. The maximum Gasteiger partial charge on any atom is 0.313 e. The zero-order chi connectivity index (χ0) is 14.0. The summed E-state index contributed by atoms with van der Waals surface area (Å²) in [5.74, 6) is -0.937. The van der Waals surface area contributed by atoms with E-state index in [0.29, 0.717) is 16.5 Å².